The van der Waals surface area contributed by atoms with E-state index in [1.54, 1.807) is 0 Å². The molecule has 1 rings (SSSR count). The zero-order valence-corrected chi connectivity index (χ0v) is 10.2. The molecule has 0 heterocycles. The molecule has 1 unspecified atom stereocenters. The molecular formula is C14H22O. The van der Waals surface area contributed by atoms with E-state index < -0.39 is 5.60 Å². The van der Waals surface area contributed by atoms with Crippen LogP contribution in [0, 0.1) is 12.8 Å². The summed E-state index contributed by atoms with van der Waals surface area (Å²) in [6, 6.07) is 8.11. The quantitative estimate of drug-likeness (QED) is 0.797. The van der Waals surface area contributed by atoms with Gasteiger partial charge in [-0.2, -0.15) is 0 Å². The van der Waals surface area contributed by atoms with Gasteiger partial charge in [0.25, 0.3) is 0 Å². The second kappa shape index (κ2) is 4.80. The van der Waals surface area contributed by atoms with Crippen molar-refractivity contribution in [2.24, 2.45) is 5.92 Å². The molecule has 0 spiro atoms. The molecule has 0 aliphatic heterocycles. The Hall–Kier alpha value is -0.820. The average Bonchev–Trinajstić information content (AvgIpc) is 2.19. The van der Waals surface area contributed by atoms with Gasteiger partial charge in [-0.25, -0.2) is 0 Å². The molecule has 15 heavy (non-hydrogen) atoms. The van der Waals surface area contributed by atoms with Gasteiger partial charge in [-0.3, -0.25) is 0 Å². The van der Waals surface area contributed by atoms with Crippen molar-refractivity contribution in [2.45, 2.75) is 46.1 Å². The van der Waals surface area contributed by atoms with Crippen molar-refractivity contribution in [3.63, 3.8) is 0 Å². The lowest BCUT2D eigenvalue weighted by atomic mass is 9.78. The van der Waals surface area contributed by atoms with E-state index in [4.69, 9.17) is 0 Å². The molecule has 1 N–H and O–H groups in total. The fourth-order valence-corrected chi connectivity index (χ4v) is 2.44. The van der Waals surface area contributed by atoms with Crippen LogP contribution in [-0.4, -0.2) is 5.11 Å². The molecule has 0 aliphatic carbocycles. The van der Waals surface area contributed by atoms with Gasteiger partial charge < -0.3 is 5.11 Å². The van der Waals surface area contributed by atoms with Gasteiger partial charge in [0, 0.05) is 0 Å². The SMILES string of the molecule is CCC(CC)C(C)(O)c1ccccc1C. The first kappa shape index (κ1) is 12.3. The molecule has 84 valence electrons. The molecule has 1 nitrogen and oxygen atoms in total. The fourth-order valence-electron chi connectivity index (χ4n) is 2.44. The summed E-state index contributed by atoms with van der Waals surface area (Å²) in [6.07, 6.45) is 2.02. The molecule has 0 bridgehead atoms. The van der Waals surface area contributed by atoms with Gasteiger partial charge in [0.15, 0.2) is 0 Å². The molecule has 0 radical (unpaired) electrons. The van der Waals surface area contributed by atoms with Crippen LogP contribution >= 0.6 is 0 Å². The number of aliphatic hydroxyl groups is 1. The number of hydrogen-bond acceptors (Lipinski definition) is 1. The minimum absolute atomic E-state index is 0.332. The zero-order chi connectivity index (χ0) is 11.5. The summed E-state index contributed by atoms with van der Waals surface area (Å²) in [5.41, 5.74) is 1.54. The summed E-state index contributed by atoms with van der Waals surface area (Å²) >= 11 is 0. The molecule has 1 aromatic rings. The molecule has 0 amide bonds. The highest BCUT2D eigenvalue weighted by Gasteiger charge is 2.31. The largest absolute Gasteiger partial charge is 0.385 e. The van der Waals surface area contributed by atoms with Crippen molar-refractivity contribution in [3.8, 4) is 0 Å². The topological polar surface area (TPSA) is 20.2 Å². The van der Waals surface area contributed by atoms with E-state index in [0.717, 1.165) is 18.4 Å². The maximum atomic E-state index is 10.6. The lowest BCUT2D eigenvalue weighted by Gasteiger charge is -2.33. The number of aryl methyl sites for hydroxylation is 1. The molecule has 1 heteroatoms. The van der Waals surface area contributed by atoms with Gasteiger partial charge in [-0.1, -0.05) is 51.0 Å². The number of hydrogen-bond donors (Lipinski definition) is 1. The van der Waals surface area contributed by atoms with E-state index in [2.05, 4.69) is 26.8 Å². The first-order valence-electron chi connectivity index (χ1n) is 5.82. The Morgan fingerprint density at radius 1 is 1.20 bits per heavy atom. The molecule has 0 fully saturated rings. The Bertz CT molecular complexity index is 311. The Morgan fingerprint density at radius 2 is 1.73 bits per heavy atom. The van der Waals surface area contributed by atoms with Crippen molar-refractivity contribution in [1.82, 2.24) is 0 Å². The zero-order valence-electron chi connectivity index (χ0n) is 10.2. The van der Waals surface area contributed by atoms with Crippen LogP contribution in [0.1, 0.15) is 44.7 Å². The Morgan fingerprint density at radius 3 is 2.20 bits per heavy atom. The van der Waals surface area contributed by atoms with E-state index in [0.29, 0.717) is 5.92 Å². The van der Waals surface area contributed by atoms with Gasteiger partial charge in [0.1, 0.15) is 0 Å². The van der Waals surface area contributed by atoms with Crippen LogP contribution in [0.4, 0.5) is 0 Å². The molecule has 0 aromatic heterocycles. The van der Waals surface area contributed by atoms with Gasteiger partial charge in [-0.05, 0) is 30.9 Å². The minimum Gasteiger partial charge on any atom is -0.385 e. The summed E-state index contributed by atoms with van der Waals surface area (Å²) < 4.78 is 0. The van der Waals surface area contributed by atoms with Crippen LogP contribution in [0.15, 0.2) is 24.3 Å². The van der Waals surface area contributed by atoms with Gasteiger partial charge in [0.05, 0.1) is 5.60 Å². The van der Waals surface area contributed by atoms with Crippen LogP contribution in [0.25, 0.3) is 0 Å². The summed E-state index contributed by atoms with van der Waals surface area (Å²) in [5.74, 6) is 0.332. The molecule has 0 saturated carbocycles. The van der Waals surface area contributed by atoms with Crippen molar-refractivity contribution in [1.29, 1.82) is 0 Å². The molecule has 1 aromatic carbocycles. The van der Waals surface area contributed by atoms with Crippen LogP contribution in [0.2, 0.25) is 0 Å². The highest BCUT2D eigenvalue weighted by atomic mass is 16.3. The smallest absolute Gasteiger partial charge is 0.0898 e. The third-order valence-electron chi connectivity index (χ3n) is 3.47. The van der Waals surface area contributed by atoms with Crippen LogP contribution in [0.3, 0.4) is 0 Å². The first-order valence-corrected chi connectivity index (χ1v) is 5.82. The van der Waals surface area contributed by atoms with Crippen molar-refractivity contribution >= 4 is 0 Å². The second-order valence-corrected chi connectivity index (χ2v) is 4.48. The average molecular weight is 206 g/mol. The summed E-state index contributed by atoms with van der Waals surface area (Å²) in [4.78, 5) is 0. The van der Waals surface area contributed by atoms with Gasteiger partial charge in [-0.15, -0.1) is 0 Å². The van der Waals surface area contributed by atoms with Gasteiger partial charge >= 0.3 is 0 Å². The lowest BCUT2D eigenvalue weighted by molar-refractivity contribution is -0.0100. The van der Waals surface area contributed by atoms with Gasteiger partial charge in [0.2, 0.25) is 0 Å². The first-order chi connectivity index (χ1) is 7.04. The van der Waals surface area contributed by atoms with E-state index in [9.17, 15) is 5.11 Å². The number of rotatable bonds is 4. The van der Waals surface area contributed by atoms with E-state index in [1.807, 2.05) is 25.1 Å². The normalized spacial score (nSPS) is 15.3. The third-order valence-corrected chi connectivity index (χ3v) is 3.47. The van der Waals surface area contributed by atoms with Crippen LogP contribution in [0.5, 0.6) is 0 Å². The fraction of sp³-hybridized carbons (Fsp3) is 0.571. The van der Waals surface area contributed by atoms with Crippen LogP contribution < -0.4 is 0 Å². The van der Waals surface area contributed by atoms with Crippen molar-refractivity contribution in [2.75, 3.05) is 0 Å². The standard InChI is InChI=1S/C14H22O/c1-5-12(6-2)14(4,15)13-10-8-7-9-11(13)3/h7-10,12,15H,5-6H2,1-4H3. The predicted octanol–water partition coefficient (Wildman–Crippen LogP) is 3.64. The summed E-state index contributed by atoms with van der Waals surface area (Å²) in [6.45, 7) is 8.28. The highest BCUT2D eigenvalue weighted by Crippen LogP contribution is 2.35. The molecular weight excluding hydrogens is 184 g/mol. The van der Waals surface area contributed by atoms with Crippen LogP contribution in [-0.2, 0) is 5.60 Å². The lowest BCUT2D eigenvalue weighted by Crippen LogP contribution is -2.31. The Balaban J connectivity index is 3.09. The predicted molar refractivity (Wildman–Crippen MR) is 64.8 cm³/mol. The summed E-state index contributed by atoms with van der Waals surface area (Å²) in [5, 5.41) is 10.6. The Kier molecular flexibility index (Phi) is 3.92. The third kappa shape index (κ3) is 2.40. The van der Waals surface area contributed by atoms with E-state index >= 15 is 0 Å². The molecule has 0 saturated heterocycles. The van der Waals surface area contributed by atoms with Crippen molar-refractivity contribution < 1.29 is 5.11 Å². The van der Waals surface area contributed by atoms with E-state index in [1.165, 1.54) is 5.56 Å². The Labute approximate surface area is 93.1 Å². The van der Waals surface area contributed by atoms with E-state index in [-0.39, 0.29) is 0 Å². The highest BCUT2D eigenvalue weighted by molar-refractivity contribution is 5.31. The molecule has 0 aliphatic rings. The molecule has 1 atom stereocenters. The second-order valence-electron chi connectivity index (χ2n) is 4.48. The minimum atomic E-state index is -0.700. The van der Waals surface area contributed by atoms with Crippen molar-refractivity contribution in [3.05, 3.63) is 35.4 Å². The monoisotopic (exact) mass is 206 g/mol. The maximum Gasteiger partial charge on any atom is 0.0898 e. The maximum absolute atomic E-state index is 10.6. The number of benzene rings is 1. The summed E-state index contributed by atoms with van der Waals surface area (Å²) in [7, 11) is 0.